The summed E-state index contributed by atoms with van der Waals surface area (Å²) < 4.78 is 5.16. The van der Waals surface area contributed by atoms with E-state index < -0.39 is 0 Å². The van der Waals surface area contributed by atoms with Gasteiger partial charge in [-0.15, -0.1) is 0 Å². The first-order chi connectivity index (χ1) is 11.2. The van der Waals surface area contributed by atoms with Crippen LogP contribution in [-0.2, 0) is 9.59 Å². The molecule has 5 nitrogen and oxygen atoms in total. The third-order valence-corrected chi connectivity index (χ3v) is 4.77. The van der Waals surface area contributed by atoms with Crippen LogP contribution in [0.15, 0.2) is 24.3 Å². The largest absolute Gasteiger partial charge is 0.497 e. The van der Waals surface area contributed by atoms with Crippen LogP contribution in [0.4, 0.5) is 5.69 Å². The lowest BCUT2D eigenvalue weighted by Gasteiger charge is -2.29. The zero-order valence-corrected chi connectivity index (χ0v) is 13.7. The zero-order valence-electron chi connectivity index (χ0n) is 13.7. The number of likely N-dealkylation sites (tertiary alicyclic amines) is 1. The Bertz CT molecular complexity index is 562. The minimum Gasteiger partial charge on any atom is -0.497 e. The molecule has 0 aliphatic carbocycles. The van der Waals surface area contributed by atoms with Gasteiger partial charge in [-0.2, -0.15) is 0 Å². The summed E-state index contributed by atoms with van der Waals surface area (Å²) in [6.45, 7) is 1.64. The Morgan fingerprint density at radius 2 is 1.74 bits per heavy atom. The molecule has 0 spiro atoms. The van der Waals surface area contributed by atoms with Gasteiger partial charge in [-0.05, 0) is 43.5 Å². The number of methoxy groups -OCH3 is 1. The Morgan fingerprint density at radius 1 is 1.09 bits per heavy atom. The van der Waals surface area contributed by atoms with Crippen LogP contribution in [0.5, 0.6) is 5.75 Å². The van der Waals surface area contributed by atoms with Crippen molar-refractivity contribution in [2.75, 3.05) is 25.1 Å². The lowest BCUT2D eigenvalue weighted by molar-refractivity contribution is -0.133. The van der Waals surface area contributed by atoms with Gasteiger partial charge in [0.15, 0.2) is 0 Å². The summed E-state index contributed by atoms with van der Waals surface area (Å²) in [5.74, 6) is 0.882. The van der Waals surface area contributed by atoms with Crippen LogP contribution in [0.1, 0.15) is 38.5 Å². The van der Waals surface area contributed by atoms with Gasteiger partial charge in [0.25, 0.3) is 0 Å². The lowest BCUT2D eigenvalue weighted by Crippen LogP contribution is -2.47. The molecule has 23 heavy (non-hydrogen) atoms. The number of benzene rings is 1. The first kappa shape index (κ1) is 15.8. The quantitative estimate of drug-likeness (QED) is 0.861. The average molecular weight is 316 g/mol. The highest BCUT2D eigenvalue weighted by Crippen LogP contribution is 2.29. The standard InChI is InChI=1S/C18H24N2O3/c1-23-15-8-6-14(7-9-15)20-16(10-11-17(20)21)18(22)19-12-4-2-3-5-13-19/h6-9,16H,2-5,10-13H2,1H3. The second kappa shape index (κ2) is 7.02. The number of hydrogen-bond acceptors (Lipinski definition) is 3. The molecule has 0 aromatic heterocycles. The van der Waals surface area contributed by atoms with E-state index in [-0.39, 0.29) is 17.9 Å². The summed E-state index contributed by atoms with van der Waals surface area (Å²) in [6, 6.07) is 7.01. The second-order valence-electron chi connectivity index (χ2n) is 6.26. The molecule has 2 aliphatic heterocycles. The third kappa shape index (κ3) is 3.33. The molecule has 3 rings (SSSR count). The number of rotatable bonds is 3. The number of amides is 2. The van der Waals surface area contributed by atoms with Gasteiger partial charge < -0.3 is 9.64 Å². The van der Waals surface area contributed by atoms with E-state index in [1.54, 1.807) is 12.0 Å². The molecule has 1 aromatic carbocycles. The normalized spacial score (nSPS) is 22.1. The smallest absolute Gasteiger partial charge is 0.245 e. The number of nitrogens with zero attached hydrogens (tertiary/aromatic N) is 2. The summed E-state index contributed by atoms with van der Waals surface area (Å²) in [4.78, 5) is 28.9. The van der Waals surface area contributed by atoms with E-state index in [9.17, 15) is 9.59 Å². The molecule has 2 amide bonds. The summed E-state index contributed by atoms with van der Waals surface area (Å²) in [7, 11) is 1.61. The number of carbonyl (C=O) groups excluding carboxylic acids is 2. The Morgan fingerprint density at radius 3 is 2.35 bits per heavy atom. The molecule has 5 heteroatoms. The van der Waals surface area contributed by atoms with Crippen LogP contribution in [0.3, 0.4) is 0 Å². The molecular weight excluding hydrogens is 292 g/mol. The van der Waals surface area contributed by atoms with Gasteiger partial charge >= 0.3 is 0 Å². The molecule has 124 valence electrons. The zero-order chi connectivity index (χ0) is 16.2. The SMILES string of the molecule is COc1ccc(N2C(=O)CCC2C(=O)N2CCCCCC2)cc1. The van der Waals surface area contributed by atoms with Crippen molar-refractivity contribution in [3.63, 3.8) is 0 Å². The van der Waals surface area contributed by atoms with Gasteiger partial charge in [0.05, 0.1) is 7.11 Å². The summed E-state index contributed by atoms with van der Waals surface area (Å²) in [5, 5.41) is 0. The Hall–Kier alpha value is -2.04. The van der Waals surface area contributed by atoms with E-state index in [4.69, 9.17) is 4.74 Å². The molecule has 1 unspecified atom stereocenters. The molecule has 0 N–H and O–H groups in total. The minimum atomic E-state index is -0.353. The average Bonchev–Trinajstić information content (AvgIpc) is 2.79. The maximum absolute atomic E-state index is 12.9. The van der Waals surface area contributed by atoms with Crippen LogP contribution < -0.4 is 9.64 Å². The molecule has 0 radical (unpaired) electrons. The van der Waals surface area contributed by atoms with E-state index in [1.165, 1.54) is 12.8 Å². The van der Waals surface area contributed by atoms with Gasteiger partial charge in [0.1, 0.15) is 11.8 Å². The van der Waals surface area contributed by atoms with Crippen molar-refractivity contribution in [3.05, 3.63) is 24.3 Å². The topological polar surface area (TPSA) is 49.9 Å². The van der Waals surface area contributed by atoms with Crippen LogP contribution in [-0.4, -0.2) is 43.0 Å². The molecule has 0 bridgehead atoms. The van der Waals surface area contributed by atoms with E-state index in [2.05, 4.69) is 0 Å². The minimum absolute atomic E-state index is 0.0309. The first-order valence-corrected chi connectivity index (χ1v) is 8.45. The maximum Gasteiger partial charge on any atom is 0.245 e. The Balaban J connectivity index is 1.79. The van der Waals surface area contributed by atoms with E-state index in [0.717, 1.165) is 37.4 Å². The van der Waals surface area contributed by atoms with E-state index >= 15 is 0 Å². The van der Waals surface area contributed by atoms with E-state index in [1.807, 2.05) is 29.2 Å². The molecule has 2 fully saturated rings. The van der Waals surface area contributed by atoms with Crippen molar-refractivity contribution < 1.29 is 14.3 Å². The van der Waals surface area contributed by atoms with Gasteiger partial charge in [-0.25, -0.2) is 0 Å². The van der Waals surface area contributed by atoms with Gasteiger partial charge in [0, 0.05) is 25.2 Å². The molecule has 2 heterocycles. The highest BCUT2D eigenvalue weighted by Gasteiger charge is 2.39. The van der Waals surface area contributed by atoms with Crippen LogP contribution in [0, 0.1) is 0 Å². The van der Waals surface area contributed by atoms with Crippen molar-refractivity contribution in [2.24, 2.45) is 0 Å². The number of anilines is 1. The number of hydrogen-bond donors (Lipinski definition) is 0. The predicted octanol–water partition coefficient (Wildman–Crippen LogP) is 2.59. The third-order valence-electron chi connectivity index (χ3n) is 4.77. The summed E-state index contributed by atoms with van der Waals surface area (Å²) in [6.07, 6.45) is 5.56. The highest BCUT2D eigenvalue weighted by molar-refractivity contribution is 6.03. The monoisotopic (exact) mass is 316 g/mol. The number of carbonyl (C=O) groups is 2. The summed E-state index contributed by atoms with van der Waals surface area (Å²) in [5.41, 5.74) is 0.779. The van der Waals surface area contributed by atoms with Gasteiger partial charge in [-0.3, -0.25) is 14.5 Å². The molecule has 0 saturated carbocycles. The molecule has 1 aromatic rings. The van der Waals surface area contributed by atoms with Crippen molar-refractivity contribution in [1.29, 1.82) is 0 Å². The Kier molecular flexibility index (Phi) is 4.84. The Labute approximate surface area is 137 Å². The second-order valence-corrected chi connectivity index (χ2v) is 6.26. The van der Waals surface area contributed by atoms with E-state index in [0.29, 0.717) is 12.8 Å². The van der Waals surface area contributed by atoms with Crippen LogP contribution in [0.25, 0.3) is 0 Å². The van der Waals surface area contributed by atoms with Crippen molar-refractivity contribution >= 4 is 17.5 Å². The van der Waals surface area contributed by atoms with Crippen LogP contribution in [0.2, 0.25) is 0 Å². The fourth-order valence-electron chi connectivity index (χ4n) is 3.49. The fraction of sp³-hybridized carbons (Fsp3) is 0.556. The molecule has 2 aliphatic rings. The summed E-state index contributed by atoms with van der Waals surface area (Å²) >= 11 is 0. The van der Waals surface area contributed by atoms with Crippen LogP contribution >= 0.6 is 0 Å². The molecule has 1 atom stereocenters. The molecule has 2 saturated heterocycles. The van der Waals surface area contributed by atoms with Crippen molar-refractivity contribution in [1.82, 2.24) is 4.90 Å². The highest BCUT2D eigenvalue weighted by atomic mass is 16.5. The predicted molar refractivity (Wildman–Crippen MR) is 88.6 cm³/mol. The number of ether oxygens (including phenoxy) is 1. The van der Waals surface area contributed by atoms with Crippen molar-refractivity contribution in [2.45, 2.75) is 44.6 Å². The maximum atomic E-state index is 12.9. The fourth-order valence-corrected chi connectivity index (χ4v) is 3.49. The van der Waals surface area contributed by atoms with Crippen molar-refractivity contribution in [3.8, 4) is 5.75 Å². The van der Waals surface area contributed by atoms with Gasteiger partial charge in [0.2, 0.25) is 11.8 Å². The first-order valence-electron chi connectivity index (χ1n) is 8.45. The molecular formula is C18H24N2O3. The lowest BCUT2D eigenvalue weighted by atomic mass is 10.1. The van der Waals surface area contributed by atoms with Gasteiger partial charge in [-0.1, -0.05) is 12.8 Å².